The van der Waals surface area contributed by atoms with Crippen molar-refractivity contribution in [3.8, 4) is 0 Å². The lowest BCUT2D eigenvalue weighted by atomic mass is 10.1. The first kappa shape index (κ1) is 22.4. The molecule has 0 heterocycles. The van der Waals surface area contributed by atoms with Gasteiger partial charge in [0, 0.05) is 6.61 Å². The SMILES string of the molecule is C/C(=C\CC/C(C)=C/COCc1ccccc1)CC/C=C(\C)CCCO. The molecule has 1 N–H and O–H groups in total. The molecule has 0 fully saturated rings. The van der Waals surface area contributed by atoms with Gasteiger partial charge in [0.1, 0.15) is 0 Å². The third-order valence-electron chi connectivity index (χ3n) is 4.45. The second-order valence-electron chi connectivity index (χ2n) is 7.06. The van der Waals surface area contributed by atoms with E-state index >= 15 is 0 Å². The second-order valence-corrected chi connectivity index (χ2v) is 7.06. The van der Waals surface area contributed by atoms with Gasteiger partial charge < -0.3 is 9.84 Å². The largest absolute Gasteiger partial charge is 0.396 e. The van der Waals surface area contributed by atoms with Crippen molar-refractivity contribution in [2.24, 2.45) is 0 Å². The minimum absolute atomic E-state index is 0.286. The third-order valence-corrected chi connectivity index (χ3v) is 4.45. The topological polar surface area (TPSA) is 29.5 Å². The van der Waals surface area contributed by atoms with Crippen LogP contribution in [-0.2, 0) is 11.3 Å². The van der Waals surface area contributed by atoms with Crippen molar-refractivity contribution in [2.75, 3.05) is 13.2 Å². The van der Waals surface area contributed by atoms with Crippen molar-refractivity contribution in [3.05, 3.63) is 70.8 Å². The fourth-order valence-corrected chi connectivity index (χ4v) is 2.71. The lowest BCUT2D eigenvalue weighted by molar-refractivity contribution is 0.148. The van der Waals surface area contributed by atoms with E-state index in [4.69, 9.17) is 9.84 Å². The van der Waals surface area contributed by atoms with E-state index < -0.39 is 0 Å². The summed E-state index contributed by atoms with van der Waals surface area (Å²) in [6, 6.07) is 10.3. The lowest BCUT2D eigenvalue weighted by Gasteiger charge is -2.04. The average Bonchev–Trinajstić information content (AvgIpc) is 2.64. The predicted octanol–water partition coefficient (Wildman–Crippen LogP) is 6.38. The van der Waals surface area contributed by atoms with Crippen LogP contribution in [0.3, 0.4) is 0 Å². The quantitative estimate of drug-likeness (QED) is 0.328. The van der Waals surface area contributed by atoms with Crippen LogP contribution in [0.5, 0.6) is 0 Å². The number of aliphatic hydroxyl groups is 1. The molecule has 0 radical (unpaired) electrons. The first-order valence-electron chi connectivity index (χ1n) is 9.81. The van der Waals surface area contributed by atoms with Crippen molar-refractivity contribution >= 4 is 0 Å². The maximum atomic E-state index is 8.84. The molecule has 0 bridgehead atoms. The van der Waals surface area contributed by atoms with Crippen molar-refractivity contribution in [2.45, 2.75) is 65.9 Å². The van der Waals surface area contributed by atoms with E-state index in [1.54, 1.807) is 0 Å². The molecule has 0 aliphatic heterocycles. The molecule has 1 rings (SSSR count). The van der Waals surface area contributed by atoms with Gasteiger partial charge in [-0.25, -0.2) is 0 Å². The number of aliphatic hydroxyl groups excluding tert-OH is 1. The number of rotatable bonds is 13. The van der Waals surface area contributed by atoms with Crippen LogP contribution in [0.15, 0.2) is 65.3 Å². The summed E-state index contributed by atoms with van der Waals surface area (Å²) in [5, 5.41) is 8.84. The van der Waals surface area contributed by atoms with Crippen LogP contribution in [0.4, 0.5) is 0 Å². The Morgan fingerprint density at radius 1 is 0.846 bits per heavy atom. The summed E-state index contributed by atoms with van der Waals surface area (Å²) in [7, 11) is 0. The molecule has 26 heavy (non-hydrogen) atoms. The van der Waals surface area contributed by atoms with Gasteiger partial charge in [-0.05, 0) is 64.9 Å². The molecule has 0 atom stereocenters. The van der Waals surface area contributed by atoms with Gasteiger partial charge in [-0.2, -0.15) is 0 Å². The molecular weight excluding hydrogens is 320 g/mol. The lowest BCUT2D eigenvalue weighted by Crippen LogP contribution is -1.93. The van der Waals surface area contributed by atoms with Crippen molar-refractivity contribution in [1.82, 2.24) is 0 Å². The van der Waals surface area contributed by atoms with Gasteiger partial charge >= 0.3 is 0 Å². The molecular formula is C24H36O2. The molecule has 0 aliphatic carbocycles. The van der Waals surface area contributed by atoms with Gasteiger partial charge in [0.15, 0.2) is 0 Å². The van der Waals surface area contributed by atoms with Crippen LogP contribution in [-0.4, -0.2) is 18.3 Å². The summed E-state index contributed by atoms with van der Waals surface area (Å²) in [6.45, 7) is 8.20. The molecule has 1 aromatic rings. The summed E-state index contributed by atoms with van der Waals surface area (Å²) in [4.78, 5) is 0. The Morgan fingerprint density at radius 3 is 2.04 bits per heavy atom. The van der Waals surface area contributed by atoms with Gasteiger partial charge in [0.05, 0.1) is 13.2 Å². The zero-order valence-electron chi connectivity index (χ0n) is 16.8. The van der Waals surface area contributed by atoms with Crippen molar-refractivity contribution in [1.29, 1.82) is 0 Å². The Morgan fingerprint density at radius 2 is 1.42 bits per heavy atom. The van der Waals surface area contributed by atoms with E-state index in [1.165, 1.54) is 22.3 Å². The molecule has 0 saturated heterocycles. The zero-order chi connectivity index (χ0) is 19.0. The van der Waals surface area contributed by atoms with Crippen LogP contribution < -0.4 is 0 Å². The maximum Gasteiger partial charge on any atom is 0.0721 e. The Bertz CT molecular complexity index is 567. The average molecular weight is 357 g/mol. The molecule has 0 unspecified atom stereocenters. The monoisotopic (exact) mass is 356 g/mol. The fraction of sp³-hybridized carbons (Fsp3) is 0.500. The Hall–Kier alpha value is -1.64. The summed E-state index contributed by atoms with van der Waals surface area (Å²) in [5.41, 5.74) is 5.46. The van der Waals surface area contributed by atoms with E-state index in [2.05, 4.69) is 51.1 Å². The number of hydrogen-bond donors (Lipinski definition) is 1. The molecule has 1 aromatic carbocycles. The first-order chi connectivity index (χ1) is 12.6. The molecule has 0 aromatic heterocycles. The maximum absolute atomic E-state index is 8.84. The summed E-state index contributed by atoms with van der Waals surface area (Å²) in [6.07, 6.45) is 13.2. The molecule has 0 saturated carbocycles. The summed E-state index contributed by atoms with van der Waals surface area (Å²) < 4.78 is 5.71. The number of hydrogen-bond acceptors (Lipinski definition) is 2. The van der Waals surface area contributed by atoms with E-state index in [1.807, 2.05) is 18.2 Å². The highest BCUT2D eigenvalue weighted by molar-refractivity contribution is 5.13. The minimum atomic E-state index is 0.286. The molecule has 144 valence electrons. The van der Waals surface area contributed by atoms with Gasteiger partial charge in [0.2, 0.25) is 0 Å². The van der Waals surface area contributed by atoms with E-state index in [0.29, 0.717) is 13.2 Å². The first-order valence-corrected chi connectivity index (χ1v) is 9.81. The molecule has 0 spiro atoms. The van der Waals surface area contributed by atoms with Gasteiger partial charge in [-0.1, -0.05) is 65.3 Å². The van der Waals surface area contributed by atoms with Gasteiger partial charge in [0.25, 0.3) is 0 Å². The molecule has 2 nitrogen and oxygen atoms in total. The standard InChI is InChI=1S/C24H36O2/c1-21(10-7-12-22(2)14-9-18-25)11-8-13-23(3)17-19-26-20-24-15-5-4-6-16-24/h4-6,11-12,15-17,25H,7-10,13-14,18-20H2,1-3H3/b21-11+,22-12+,23-17+. The van der Waals surface area contributed by atoms with Crippen LogP contribution in [0.2, 0.25) is 0 Å². The Balaban J connectivity index is 2.16. The Kier molecular flexibility index (Phi) is 12.5. The third kappa shape index (κ3) is 11.8. The Labute approximate surface area is 160 Å². The van der Waals surface area contributed by atoms with Crippen molar-refractivity contribution < 1.29 is 9.84 Å². The highest BCUT2D eigenvalue weighted by Crippen LogP contribution is 2.13. The van der Waals surface area contributed by atoms with Crippen LogP contribution in [0, 0.1) is 0 Å². The zero-order valence-corrected chi connectivity index (χ0v) is 16.8. The molecule has 0 amide bonds. The number of allylic oxidation sites excluding steroid dienone is 5. The highest BCUT2D eigenvalue weighted by atomic mass is 16.5. The second kappa shape index (κ2) is 14.5. The fourth-order valence-electron chi connectivity index (χ4n) is 2.71. The van der Waals surface area contributed by atoms with Crippen LogP contribution in [0.1, 0.15) is 64.9 Å². The van der Waals surface area contributed by atoms with Crippen molar-refractivity contribution in [3.63, 3.8) is 0 Å². The summed E-state index contributed by atoms with van der Waals surface area (Å²) in [5.74, 6) is 0. The number of benzene rings is 1. The van der Waals surface area contributed by atoms with Gasteiger partial charge in [-0.15, -0.1) is 0 Å². The van der Waals surface area contributed by atoms with Gasteiger partial charge in [-0.3, -0.25) is 0 Å². The van der Waals surface area contributed by atoms with E-state index in [-0.39, 0.29) is 6.61 Å². The molecule has 2 heteroatoms. The van der Waals surface area contributed by atoms with Crippen LogP contribution >= 0.6 is 0 Å². The van der Waals surface area contributed by atoms with E-state index in [0.717, 1.165) is 38.5 Å². The predicted molar refractivity (Wildman–Crippen MR) is 112 cm³/mol. The number of ether oxygens (including phenoxy) is 1. The minimum Gasteiger partial charge on any atom is -0.396 e. The highest BCUT2D eigenvalue weighted by Gasteiger charge is 1.94. The summed E-state index contributed by atoms with van der Waals surface area (Å²) >= 11 is 0. The van der Waals surface area contributed by atoms with Crippen LogP contribution in [0.25, 0.3) is 0 Å². The smallest absolute Gasteiger partial charge is 0.0721 e. The molecule has 0 aliphatic rings. The van der Waals surface area contributed by atoms with E-state index in [9.17, 15) is 0 Å². The normalized spacial score (nSPS) is 13.3.